The molecule has 4 rings (SSSR count). The molecule has 2 saturated heterocycles. The highest BCUT2D eigenvalue weighted by molar-refractivity contribution is 5.76. The van der Waals surface area contributed by atoms with Crippen LogP contribution in [0.2, 0.25) is 0 Å². The average Bonchev–Trinajstić information content (AvgIpc) is 3.28. The summed E-state index contributed by atoms with van der Waals surface area (Å²) in [5.74, 6) is 2.82. The molecule has 2 aliphatic heterocycles. The number of nitrogens with zero attached hydrogens (tertiary/aromatic N) is 4. The Bertz CT molecular complexity index is 882. The SMILES string of the molecule is COc1ccc(-c2noc(CCCC(=O)N3CCC(CN4CC(C)OC(C)C4)CC3)n2)cc1. The van der Waals surface area contributed by atoms with Crippen molar-refractivity contribution in [3.63, 3.8) is 0 Å². The third-order valence-corrected chi connectivity index (χ3v) is 6.58. The Balaban J connectivity index is 1.16. The van der Waals surface area contributed by atoms with Crippen LogP contribution in [0.1, 0.15) is 45.4 Å². The largest absolute Gasteiger partial charge is 0.497 e. The normalized spacial score (nSPS) is 22.5. The van der Waals surface area contributed by atoms with Gasteiger partial charge in [0.1, 0.15) is 5.75 Å². The fraction of sp³-hybridized carbons (Fsp3) is 0.640. The van der Waals surface area contributed by atoms with Crippen molar-refractivity contribution in [3.05, 3.63) is 30.2 Å². The minimum absolute atomic E-state index is 0.233. The lowest BCUT2D eigenvalue weighted by molar-refractivity contribution is -0.132. The standard InChI is InChI=1S/C25H36N4O4/c1-18-15-28(16-19(2)32-18)17-20-11-13-29(14-12-20)24(30)6-4-5-23-26-25(27-33-23)21-7-9-22(31-3)10-8-21/h7-10,18-20H,4-6,11-17H2,1-3H3. The quantitative estimate of drug-likeness (QED) is 0.602. The van der Waals surface area contributed by atoms with E-state index < -0.39 is 0 Å². The van der Waals surface area contributed by atoms with Gasteiger partial charge in [0.25, 0.3) is 0 Å². The molecule has 2 unspecified atom stereocenters. The molecule has 8 heteroatoms. The third-order valence-electron chi connectivity index (χ3n) is 6.58. The number of hydrogen-bond acceptors (Lipinski definition) is 7. The number of benzene rings is 1. The number of aryl methyl sites for hydroxylation is 1. The number of aromatic nitrogens is 2. The highest BCUT2D eigenvalue weighted by Crippen LogP contribution is 2.23. The van der Waals surface area contributed by atoms with Gasteiger partial charge in [-0.15, -0.1) is 0 Å². The van der Waals surface area contributed by atoms with Crippen molar-refractivity contribution >= 4 is 5.91 Å². The topological polar surface area (TPSA) is 80.9 Å². The number of morpholine rings is 1. The zero-order valence-corrected chi connectivity index (χ0v) is 20.0. The van der Waals surface area contributed by atoms with Crippen LogP contribution in [-0.4, -0.2) is 77.9 Å². The van der Waals surface area contributed by atoms with Crippen LogP contribution >= 0.6 is 0 Å². The van der Waals surface area contributed by atoms with Gasteiger partial charge in [0.15, 0.2) is 0 Å². The Morgan fingerprint density at radius 2 is 1.82 bits per heavy atom. The molecule has 0 N–H and O–H groups in total. The number of amides is 1. The van der Waals surface area contributed by atoms with Crippen molar-refractivity contribution < 1.29 is 18.8 Å². The van der Waals surface area contributed by atoms with E-state index in [1.165, 1.54) is 0 Å². The van der Waals surface area contributed by atoms with E-state index in [9.17, 15) is 4.79 Å². The first-order chi connectivity index (χ1) is 16.0. The molecular weight excluding hydrogens is 420 g/mol. The van der Waals surface area contributed by atoms with E-state index in [-0.39, 0.29) is 5.91 Å². The van der Waals surface area contributed by atoms with Crippen molar-refractivity contribution in [2.45, 2.75) is 58.2 Å². The molecule has 0 saturated carbocycles. The number of methoxy groups -OCH3 is 1. The first-order valence-corrected chi connectivity index (χ1v) is 12.1. The number of ether oxygens (including phenoxy) is 2. The van der Waals surface area contributed by atoms with Gasteiger partial charge in [0, 0.05) is 51.1 Å². The lowest BCUT2D eigenvalue weighted by Gasteiger charge is -2.39. The first kappa shape index (κ1) is 23.7. The zero-order chi connectivity index (χ0) is 23.2. The van der Waals surface area contributed by atoms with Crippen LogP contribution in [0.25, 0.3) is 11.4 Å². The van der Waals surface area contributed by atoms with Gasteiger partial charge in [-0.25, -0.2) is 0 Å². The van der Waals surface area contributed by atoms with Gasteiger partial charge < -0.3 is 18.9 Å². The fourth-order valence-electron chi connectivity index (χ4n) is 4.93. The van der Waals surface area contributed by atoms with E-state index in [0.717, 1.165) is 56.9 Å². The number of rotatable bonds is 8. The molecule has 2 atom stereocenters. The molecule has 3 heterocycles. The Kier molecular flexibility index (Phi) is 7.98. The van der Waals surface area contributed by atoms with E-state index in [4.69, 9.17) is 14.0 Å². The Morgan fingerprint density at radius 1 is 1.12 bits per heavy atom. The Hall–Kier alpha value is -2.45. The summed E-state index contributed by atoms with van der Waals surface area (Å²) in [5, 5.41) is 4.06. The molecule has 2 aromatic rings. The van der Waals surface area contributed by atoms with Crippen LogP contribution in [-0.2, 0) is 16.0 Å². The Labute approximate surface area is 196 Å². The van der Waals surface area contributed by atoms with Gasteiger partial charge in [-0.1, -0.05) is 5.16 Å². The molecule has 0 aliphatic carbocycles. The minimum Gasteiger partial charge on any atom is -0.497 e. The summed E-state index contributed by atoms with van der Waals surface area (Å²) in [6.45, 7) is 9.17. The summed E-state index contributed by atoms with van der Waals surface area (Å²) < 4.78 is 16.4. The molecular formula is C25H36N4O4. The van der Waals surface area contributed by atoms with E-state index >= 15 is 0 Å². The predicted octanol–water partition coefficient (Wildman–Crippen LogP) is 3.42. The van der Waals surface area contributed by atoms with Crippen molar-refractivity contribution in [3.8, 4) is 17.1 Å². The second-order valence-electron chi connectivity index (χ2n) is 9.39. The van der Waals surface area contributed by atoms with Crippen molar-refractivity contribution in [1.82, 2.24) is 19.9 Å². The summed E-state index contributed by atoms with van der Waals surface area (Å²) in [7, 11) is 1.64. The molecule has 0 radical (unpaired) electrons. The zero-order valence-electron chi connectivity index (χ0n) is 20.0. The summed E-state index contributed by atoms with van der Waals surface area (Å²) >= 11 is 0. The molecule has 1 amide bonds. The molecule has 2 aliphatic rings. The van der Waals surface area contributed by atoms with Gasteiger partial charge in [-0.3, -0.25) is 9.69 Å². The predicted molar refractivity (Wildman–Crippen MR) is 125 cm³/mol. The molecule has 0 bridgehead atoms. The number of carbonyl (C=O) groups is 1. The number of likely N-dealkylation sites (tertiary alicyclic amines) is 1. The van der Waals surface area contributed by atoms with Crippen LogP contribution < -0.4 is 4.74 Å². The van der Waals surface area contributed by atoms with Gasteiger partial charge in [-0.05, 0) is 63.3 Å². The van der Waals surface area contributed by atoms with Crippen molar-refractivity contribution in [1.29, 1.82) is 0 Å². The number of piperidine rings is 1. The van der Waals surface area contributed by atoms with Crippen LogP contribution in [0.15, 0.2) is 28.8 Å². The Morgan fingerprint density at radius 3 is 2.48 bits per heavy atom. The summed E-state index contributed by atoms with van der Waals surface area (Å²) in [4.78, 5) is 21.7. The molecule has 33 heavy (non-hydrogen) atoms. The van der Waals surface area contributed by atoms with Gasteiger partial charge in [-0.2, -0.15) is 4.98 Å². The van der Waals surface area contributed by atoms with Crippen LogP contribution in [0, 0.1) is 5.92 Å². The van der Waals surface area contributed by atoms with Crippen LogP contribution in [0.5, 0.6) is 5.75 Å². The fourth-order valence-corrected chi connectivity index (χ4v) is 4.93. The highest BCUT2D eigenvalue weighted by Gasteiger charge is 2.27. The lowest BCUT2D eigenvalue weighted by atomic mass is 9.95. The average molecular weight is 457 g/mol. The summed E-state index contributed by atoms with van der Waals surface area (Å²) in [5.41, 5.74) is 0.880. The molecule has 180 valence electrons. The third kappa shape index (κ3) is 6.54. The van der Waals surface area contributed by atoms with E-state index in [1.54, 1.807) is 7.11 Å². The second-order valence-corrected chi connectivity index (χ2v) is 9.39. The maximum absolute atomic E-state index is 12.7. The van der Waals surface area contributed by atoms with E-state index in [2.05, 4.69) is 28.9 Å². The minimum atomic E-state index is 0.233. The number of carbonyl (C=O) groups excluding carboxylic acids is 1. The second kappa shape index (κ2) is 11.1. The molecule has 2 fully saturated rings. The van der Waals surface area contributed by atoms with E-state index in [1.807, 2.05) is 29.2 Å². The van der Waals surface area contributed by atoms with Gasteiger partial charge in [0.05, 0.1) is 19.3 Å². The molecule has 8 nitrogen and oxygen atoms in total. The summed E-state index contributed by atoms with van der Waals surface area (Å²) in [6.07, 6.45) is 4.62. The smallest absolute Gasteiger partial charge is 0.226 e. The van der Waals surface area contributed by atoms with Gasteiger partial charge >= 0.3 is 0 Å². The van der Waals surface area contributed by atoms with Crippen LogP contribution in [0.3, 0.4) is 0 Å². The van der Waals surface area contributed by atoms with Crippen molar-refractivity contribution in [2.24, 2.45) is 5.92 Å². The van der Waals surface area contributed by atoms with E-state index in [0.29, 0.717) is 49.1 Å². The molecule has 1 aromatic carbocycles. The molecule has 0 spiro atoms. The first-order valence-electron chi connectivity index (χ1n) is 12.1. The summed E-state index contributed by atoms with van der Waals surface area (Å²) in [6, 6.07) is 7.55. The monoisotopic (exact) mass is 456 g/mol. The number of hydrogen-bond donors (Lipinski definition) is 0. The maximum Gasteiger partial charge on any atom is 0.226 e. The molecule has 1 aromatic heterocycles. The maximum atomic E-state index is 12.7. The van der Waals surface area contributed by atoms with Gasteiger partial charge in [0.2, 0.25) is 17.6 Å². The lowest BCUT2D eigenvalue weighted by Crippen LogP contribution is -2.48. The van der Waals surface area contributed by atoms with Crippen LogP contribution in [0.4, 0.5) is 0 Å². The van der Waals surface area contributed by atoms with Crippen molar-refractivity contribution in [2.75, 3.05) is 39.8 Å². The highest BCUT2D eigenvalue weighted by atomic mass is 16.5.